The summed E-state index contributed by atoms with van der Waals surface area (Å²) in [4.78, 5) is 8.59. The Hall–Kier alpha value is -3.87. The lowest BCUT2D eigenvalue weighted by Gasteiger charge is -2.06. The van der Waals surface area contributed by atoms with Crippen LogP contribution in [0.1, 0.15) is 5.56 Å². The van der Waals surface area contributed by atoms with Crippen LogP contribution in [0.3, 0.4) is 0 Å². The molecule has 5 nitrogen and oxygen atoms in total. The summed E-state index contributed by atoms with van der Waals surface area (Å²) < 4.78 is 29.7. The van der Waals surface area contributed by atoms with Gasteiger partial charge in [-0.25, -0.2) is 13.4 Å². The zero-order chi connectivity index (χ0) is 25.1. The fourth-order valence-corrected chi connectivity index (χ4v) is 4.61. The van der Waals surface area contributed by atoms with E-state index in [1.54, 1.807) is 24.3 Å². The molecule has 4 aromatic carbocycles. The molecule has 0 spiro atoms. The van der Waals surface area contributed by atoms with Crippen molar-refractivity contribution in [3.8, 4) is 39.7 Å². The summed E-state index contributed by atoms with van der Waals surface area (Å²) in [5.41, 5.74) is 5.26. The van der Waals surface area contributed by atoms with E-state index in [-0.39, 0.29) is 4.90 Å². The van der Waals surface area contributed by atoms with Gasteiger partial charge in [0.1, 0.15) is 18.2 Å². The number of benzene rings is 4. The molecule has 0 radical (unpaired) electrons. The number of aromatic nitrogens is 2. The van der Waals surface area contributed by atoms with Crippen LogP contribution in [0.15, 0.2) is 108 Å². The largest absolute Gasteiger partial charge is 0.489 e. The maximum atomic E-state index is 11.9. The van der Waals surface area contributed by atoms with Crippen molar-refractivity contribution in [3.63, 3.8) is 0 Å². The third-order valence-corrected chi connectivity index (χ3v) is 7.15. The van der Waals surface area contributed by atoms with Gasteiger partial charge in [-0.15, -0.1) is 0 Å². The van der Waals surface area contributed by atoms with Gasteiger partial charge in [0.2, 0.25) is 0 Å². The van der Waals surface area contributed by atoms with Crippen molar-refractivity contribution >= 4 is 21.4 Å². The van der Waals surface area contributed by atoms with Crippen molar-refractivity contribution in [1.29, 1.82) is 0 Å². The van der Waals surface area contributed by atoms with E-state index in [1.807, 2.05) is 78.9 Å². The summed E-state index contributed by atoms with van der Waals surface area (Å²) in [5.74, 6) is 1.46. The van der Waals surface area contributed by atoms with E-state index >= 15 is 0 Å². The van der Waals surface area contributed by atoms with Gasteiger partial charge < -0.3 is 9.72 Å². The van der Waals surface area contributed by atoms with Crippen molar-refractivity contribution in [1.82, 2.24) is 9.97 Å². The Bertz CT molecular complexity index is 1580. The van der Waals surface area contributed by atoms with E-state index < -0.39 is 9.84 Å². The highest BCUT2D eigenvalue weighted by Gasteiger charge is 2.16. The minimum atomic E-state index is -3.29. The lowest BCUT2D eigenvalue weighted by molar-refractivity contribution is 0.306. The smallest absolute Gasteiger partial charge is 0.175 e. The number of aromatic amines is 1. The molecule has 0 bridgehead atoms. The van der Waals surface area contributed by atoms with Crippen LogP contribution in [-0.2, 0) is 16.4 Å². The first-order chi connectivity index (χ1) is 17.4. The van der Waals surface area contributed by atoms with Crippen LogP contribution >= 0.6 is 11.6 Å². The molecular weight excluding hydrogens is 492 g/mol. The molecule has 5 rings (SSSR count). The van der Waals surface area contributed by atoms with Gasteiger partial charge in [0.25, 0.3) is 0 Å². The Morgan fingerprint density at radius 1 is 0.778 bits per heavy atom. The van der Waals surface area contributed by atoms with Gasteiger partial charge >= 0.3 is 0 Å². The first-order valence-electron chi connectivity index (χ1n) is 11.3. The second-order valence-corrected chi connectivity index (χ2v) is 10.9. The molecule has 0 amide bonds. The Balaban J connectivity index is 1.47. The normalized spacial score (nSPS) is 11.4. The second kappa shape index (κ2) is 10.0. The average Bonchev–Trinajstić information content (AvgIpc) is 3.34. The molecule has 0 saturated carbocycles. The van der Waals surface area contributed by atoms with Crippen molar-refractivity contribution in [2.45, 2.75) is 11.5 Å². The van der Waals surface area contributed by atoms with Gasteiger partial charge in [0.15, 0.2) is 9.84 Å². The molecule has 7 heteroatoms. The highest BCUT2D eigenvalue weighted by atomic mass is 35.5. The summed E-state index contributed by atoms with van der Waals surface area (Å²) in [6.45, 7) is 0.495. The number of nitrogens with zero attached hydrogens (tertiary/aromatic N) is 1. The Morgan fingerprint density at radius 3 is 2.03 bits per heavy atom. The van der Waals surface area contributed by atoms with Crippen LogP contribution < -0.4 is 4.74 Å². The van der Waals surface area contributed by atoms with Crippen LogP contribution in [0.5, 0.6) is 5.75 Å². The predicted molar refractivity (Wildman–Crippen MR) is 144 cm³/mol. The minimum absolute atomic E-state index is 0.269. The van der Waals surface area contributed by atoms with Crippen LogP contribution in [0.2, 0.25) is 5.02 Å². The number of hydrogen-bond donors (Lipinski definition) is 1. The molecule has 1 aromatic heterocycles. The molecule has 0 atom stereocenters. The molecule has 0 aliphatic carbocycles. The molecule has 180 valence electrons. The molecule has 0 aliphatic rings. The van der Waals surface area contributed by atoms with Crippen molar-refractivity contribution < 1.29 is 13.2 Å². The first-order valence-corrected chi connectivity index (χ1v) is 13.6. The molecule has 0 fully saturated rings. The topological polar surface area (TPSA) is 72.0 Å². The monoisotopic (exact) mass is 514 g/mol. The average molecular weight is 515 g/mol. The number of hydrogen-bond acceptors (Lipinski definition) is 4. The molecule has 1 N–H and O–H groups in total. The van der Waals surface area contributed by atoms with Crippen molar-refractivity contribution in [2.24, 2.45) is 0 Å². The van der Waals surface area contributed by atoms with Crippen molar-refractivity contribution in [2.75, 3.05) is 6.26 Å². The van der Waals surface area contributed by atoms with Gasteiger partial charge in [-0.1, -0.05) is 66.2 Å². The highest BCUT2D eigenvalue weighted by molar-refractivity contribution is 7.90. The fourth-order valence-electron chi connectivity index (χ4n) is 3.85. The predicted octanol–water partition coefficient (Wildman–Crippen LogP) is 7.05. The highest BCUT2D eigenvalue weighted by Crippen LogP contribution is 2.34. The Labute approximate surface area is 215 Å². The molecular formula is C29H23ClN2O3S. The second-order valence-electron chi connectivity index (χ2n) is 8.41. The zero-order valence-electron chi connectivity index (χ0n) is 19.5. The lowest BCUT2D eigenvalue weighted by Crippen LogP contribution is -1.96. The van der Waals surface area contributed by atoms with Gasteiger partial charge in [0, 0.05) is 28.0 Å². The number of imidazole rings is 1. The summed E-state index contributed by atoms with van der Waals surface area (Å²) in [6.07, 6.45) is 1.20. The van der Waals surface area contributed by atoms with Gasteiger partial charge in [0.05, 0.1) is 16.3 Å². The van der Waals surface area contributed by atoms with E-state index in [1.165, 1.54) is 6.26 Å². The maximum absolute atomic E-state index is 11.9. The molecule has 0 unspecified atom stereocenters. The molecule has 5 aromatic rings. The quantitative estimate of drug-likeness (QED) is 0.252. The summed E-state index contributed by atoms with van der Waals surface area (Å²) in [7, 11) is -3.29. The van der Waals surface area contributed by atoms with Gasteiger partial charge in [-0.2, -0.15) is 0 Å². The van der Waals surface area contributed by atoms with Crippen LogP contribution in [0, 0.1) is 0 Å². The van der Waals surface area contributed by atoms with E-state index in [4.69, 9.17) is 21.3 Å². The van der Waals surface area contributed by atoms with E-state index in [2.05, 4.69) is 4.98 Å². The minimum Gasteiger partial charge on any atom is -0.489 e. The van der Waals surface area contributed by atoms with Gasteiger partial charge in [-0.05, 0) is 54.1 Å². The number of halogens is 1. The van der Waals surface area contributed by atoms with Crippen LogP contribution in [0.4, 0.5) is 0 Å². The summed E-state index contributed by atoms with van der Waals surface area (Å²) >= 11 is 6.10. The Morgan fingerprint density at radius 2 is 1.39 bits per heavy atom. The number of H-pyrrole nitrogens is 1. The van der Waals surface area contributed by atoms with E-state index in [9.17, 15) is 8.42 Å². The lowest BCUT2D eigenvalue weighted by atomic mass is 10.1. The Kier molecular flexibility index (Phi) is 6.63. The number of rotatable bonds is 7. The first kappa shape index (κ1) is 23.9. The van der Waals surface area contributed by atoms with E-state index in [0.29, 0.717) is 17.5 Å². The number of nitrogens with one attached hydrogen (secondary N) is 1. The third kappa shape index (κ3) is 5.35. The number of sulfone groups is 1. The fraction of sp³-hybridized carbons (Fsp3) is 0.0690. The van der Waals surface area contributed by atoms with Crippen LogP contribution in [0.25, 0.3) is 33.9 Å². The molecule has 0 saturated heterocycles. The zero-order valence-corrected chi connectivity index (χ0v) is 21.1. The standard InChI is InChI=1S/C29H23ClN2O3S/c1-36(33,34)26-17-11-22(12-18-26)28-27(21-7-13-24(30)14-8-21)31-29(32-28)23-9-15-25(16-10-23)35-19-20-5-3-2-4-6-20/h2-18H,19H2,1H3,(H,31,32). The summed E-state index contributed by atoms with van der Waals surface area (Å²) in [6, 6.07) is 32.0. The van der Waals surface area contributed by atoms with Crippen molar-refractivity contribution in [3.05, 3.63) is 114 Å². The maximum Gasteiger partial charge on any atom is 0.175 e. The van der Waals surface area contributed by atoms with Gasteiger partial charge in [-0.3, -0.25) is 0 Å². The SMILES string of the molecule is CS(=O)(=O)c1ccc(-c2[nH]c(-c3ccc(OCc4ccccc4)cc3)nc2-c2ccc(Cl)cc2)cc1. The summed E-state index contributed by atoms with van der Waals surface area (Å²) in [5, 5.41) is 0.639. The third-order valence-electron chi connectivity index (χ3n) is 5.77. The molecule has 36 heavy (non-hydrogen) atoms. The van der Waals surface area contributed by atoms with E-state index in [0.717, 1.165) is 39.4 Å². The van der Waals surface area contributed by atoms with Crippen LogP contribution in [-0.4, -0.2) is 24.6 Å². The number of ether oxygens (including phenoxy) is 1. The molecule has 1 heterocycles. The molecule has 0 aliphatic heterocycles.